The molecule has 2 heterocycles. The highest BCUT2D eigenvalue weighted by atomic mass is 15.4. The first kappa shape index (κ1) is 7.55. The monoisotopic (exact) mass is 173 g/mol. The fourth-order valence-electron chi connectivity index (χ4n) is 1.17. The zero-order chi connectivity index (χ0) is 9.26. The van der Waals surface area contributed by atoms with Crippen molar-refractivity contribution in [3.05, 3.63) is 30.2 Å². The summed E-state index contributed by atoms with van der Waals surface area (Å²) in [7, 11) is 1.78. The van der Waals surface area contributed by atoms with Gasteiger partial charge in [0.1, 0.15) is 11.8 Å². The minimum atomic E-state index is 0.574. The number of nitrogens with zero attached hydrogens (tertiary/aromatic N) is 5. The first-order chi connectivity index (χ1) is 6.33. The van der Waals surface area contributed by atoms with E-state index < -0.39 is 0 Å². The molecular formula is C8H7N5. The van der Waals surface area contributed by atoms with Crippen LogP contribution in [0.25, 0.3) is 5.82 Å². The predicted molar refractivity (Wildman–Crippen MR) is 45.0 cm³/mol. The van der Waals surface area contributed by atoms with Crippen LogP contribution in [0.15, 0.2) is 24.5 Å². The third kappa shape index (κ3) is 1.08. The largest absolute Gasteiger partial charge is 0.291 e. The lowest BCUT2D eigenvalue weighted by Gasteiger charge is -2.01. The summed E-state index contributed by atoms with van der Waals surface area (Å²) >= 11 is 0. The summed E-state index contributed by atoms with van der Waals surface area (Å²) in [5.41, 5.74) is 0.574. The molecule has 2 aromatic rings. The Kier molecular flexibility index (Phi) is 1.60. The van der Waals surface area contributed by atoms with E-state index in [0.717, 1.165) is 5.82 Å². The average Bonchev–Trinajstić information content (AvgIpc) is 2.71. The molecule has 0 bridgehead atoms. The molecule has 0 radical (unpaired) electrons. The zero-order valence-electron chi connectivity index (χ0n) is 7.05. The van der Waals surface area contributed by atoms with E-state index in [4.69, 9.17) is 5.26 Å². The molecule has 2 aromatic heterocycles. The Balaban J connectivity index is 2.60. The van der Waals surface area contributed by atoms with Crippen molar-refractivity contribution < 1.29 is 0 Å². The van der Waals surface area contributed by atoms with Gasteiger partial charge in [-0.2, -0.15) is 5.26 Å². The normalized spacial score (nSPS) is 9.85. The number of rotatable bonds is 1. The van der Waals surface area contributed by atoms with Crippen molar-refractivity contribution in [3.8, 4) is 11.9 Å². The van der Waals surface area contributed by atoms with E-state index in [9.17, 15) is 0 Å². The molecule has 64 valence electrons. The van der Waals surface area contributed by atoms with E-state index in [-0.39, 0.29) is 0 Å². The van der Waals surface area contributed by atoms with Crippen LogP contribution in [0.2, 0.25) is 0 Å². The van der Waals surface area contributed by atoms with Crippen LogP contribution in [-0.2, 0) is 7.05 Å². The van der Waals surface area contributed by atoms with E-state index in [0.29, 0.717) is 5.69 Å². The second kappa shape index (κ2) is 2.75. The van der Waals surface area contributed by atoms with Crippen LogP contribution in [0, 0.1) is 11.3 Å². The second-order valence-corrected chi connectivity index (χ2v) is 2.59. The lowest BCUT2D eigenvalue weighted by molar-refractivity contribution is 0.691. The molecule has 0 amide bonds. The van der Waals surface area contributed by atoms with Gasteiger partial charge in [-0.3, -0.25) is 4.57 Å². The van der Waals surface area contributed by atoms with Crippen molar-refractivity contribution >= 4 is 0 Å². The number of hydrogen-bond acceptors (Lipinski definition) is 3. The number of aryl methyl sites for hydroxylation is 1. The first-order valence-corrected chi connectivity index (χ1v) is 3.75. The summed E-state index contributed by atoms with van der Waals surface area (Å²) < 4.78 is 3.35. The van der Waals surface area contributed by atoms with Crippen molar-refractivity contribution in [2.75, 3.05) is 0 Å². The Labute approximate surface area is 74.8 Å². The molecule has 0 spiro atoms. The van der Waals surface area contributed by atoms with Gasteiger partial charge >= 0.3 is 0 Å². The van der Waals surface area contributed by atoms with E-state index in [1.807, 2.05) is 6.07 Å². The quantitative estimate of drug-likeness (QED) is 0.630. The Bertz CT molecular complexity index is 459. The molecule has 0 N–H and O–H groups in total. The highest BCUT2D eigenvalue weighted by Crippen LogP contribution is 2.08. The zero-order valence-corrected chi connectivity index (χ0v) is 7.05. The fraction of sp³-hybridized carbons (Fsp3) is 0.125. The van der Waals surface area contributed by atoms with Gasteiger partial charge in [-0.25, -0.2) is 4.68 Å². The van der Waals surface area contributed by atoms with Gasteiger partial charge in [0.15, 0.2) is 5.82 Å². The lowest BCUT2D eigenvalue weighted by Crippen LogP contribution is -2.03. The maximum absolute atomic E-state index is 8.78. The molecule has 5 nitrogen and oxygen atoms in total. The first-order valence-electron chi connectivity index (χ1n) is 3.75. The smallest absolute Gasteiger partial charge is 0.156 e. The molecule has 0 saturated carbocycles. The maximum Gasteiger partial charge on any atom is 0.156 e. The number of aromatic nitrogens is 4. The van der Waals surface area contributed by atoms with Gasteiger partial charge in [-0.1, -0.05) is 5.21 Å². The Morgan fingerprint density at radius 3 is 3.00 bits per heavy atom. The SMILES string of the molecule is Cn1nncc1-n1cccc1C#N. The minimum absolute atomic E-state index is 0.574. The third-order valence-electron chi connectivity index (χ3n) is 1.80. The highest BCUT2D eigenvalue weighted by Gasteiger charge is 2.05. The number of hydrogen-bond donors (Lipinski definition) is 0. The minimum Gasteiger partial charge on any atom is -0.291 e. The molecule has 0 aliphatic carbocycles. The van der Waals surface area contributed by atoms with Crippen molar-refractivity contribution in [1.29, 1.82) is 5.26 Å². The predicted octanol–water partition coefficient (Wildman–Crippen LogP) is 0.477. The van der Waals surface area contributed by atoms with E-state index in [2.05, 4.69) is 16.4 Å². The summed E-state index contributed by atoms with van der Waals surface area (Å²) in [6.07, 6.45) is 3.41. The second-order valence-electron chi connectivity index (χ2n) is 2.59. The van der Waals surface area contributed by atoms with E-state index in [1.165, 1.54) is 0 Å². The van der Waals surface area contributed by atoms with Crippen LogP contribution in [0.3, 0.4) is 0 Å². The standard InChI is InChI=1S/C8H7N5/c1-12-8(6-10-11-12)13-4-2-3-7(13)5-9/h2-4,6H,1H3. The molecule has 0 aromatic carbocycles. The lowest BCUT2D eigenvalue weighted by atomic mass is 10.5. The topological polar surface area (TPSA) is 59.4 Å². The molecule has 13 heavy (non-hydrogen) atoms. The molecule has 0 aliphatic heterocycles. The van der Waals surface area contributed by atoms with Crippen molar-refractivity contribution in [2.24, 2.45) is 7.05 Å². The van der Waals surface area contributed by atoms with Crippen LogP contribution in [-0.4, -0.2) is 19.6 Å². The molecule has 5 heteroatoms. The van der Waals surface area contributed by atoms with Gasteiger partial charge in [-0.05, 0) is 12.1 Å². The van der Waals surface area contributed by atoms with Gasteiger partial charge in [-0.15, -0.1) is 5.10 Å². The van der Waals surface area contributed by atoms with E-state index >= 15 is 0 Å². The molecule has 0 atom stereocenters. The Morgan fingerprint density at radius 1 is 1.54 bits per heavy atom. The van der Waals surface area contributed by atoms with Crippen LogP contribution >= 0.6 is 0 Å². The maximum atomic E-state index is 8.78. The van der Waals surface area contributed by atoms with Crippen molar-refractivity contribution in [2.45, 2.75) is 0 Å². The van der Waals surface area contributed by atoms with Crippen LogP contribution in [0.5, 0.6) is 0 Å². The molecule has 0 fully saturated rings. The van der Waals surface area contributed by atoms with Gasteiger partial charge in [0.05, 0.1) is 6.20 Å². The van der Waals surface area contributed by atoms with Gasteiger partial charge in [0, 0.05) is 13.2 Å². The molecular weight excluding hydrogens is 166 g/mol. The molecule has 0 aliphatic rings. The van der Waals surface area contributed by atoms with Crippen LogP contribution in [0.1, 0.15) is 5.69 Å². The summed E-state index contributed by atoms with van der Waals surface area (Å²) in [6, 6.07) is 5.64. The van der Waals surface area contributed by atoms with Crippen LogP contribution in [0.4, 0.5) is 0 Å². The van der Waals surface area contributed by atoms with E-state index in [1.54, 1.807) is 34.8 Å². The molecule has 0 unspecified atom stereocenters. The Hall–Kier alpha value is -2.09. The van der Waals surface area contributed by atoms with Crippen LogP contribution < -0.4 is 0 Å². The average molecular weight is 173 g/mol. The van der Waals surface area contributed by atoms with Gasteiger partial charge in [0.25, 0.3) is 0 Å². The third-order valence-corrected chi connectivity index (χ3v) is 1.80. The van der Waals surface area contributed by atoms with Crippen molar-refractivity contribution in [3.63, 3.8) is 0 Å². The molecule has 0 saturated heterocycles. The summed E-state index contributed by atoms with van der Waals surface area (Å²) in [5.74, 6) is 0.779. The highest BCUT2D eigenvalue weighted by molar-refractivity contribution is 5.32. The fourth-order valence-corrected chi connectivity index (χ4v) is 1.17. The van der Waals surface area contributed by atoms with Gasteiger partial charge < -0.3 is 0 Å². The summed E-state index contributed by atoms with van der Waals surface area (Å²) in [6.45, 7) is 0. The molecule has 2 rings (SSSR count). The Morgan fingerprint density at radius 2 is 2.38 bits per heavy atom. The van der Waals surface area contributed by atoms with Gasteiger partial charge in [0.2, 0.25) is 0 Å². The number of nitriles is 1. The summed E-state index contributed by atoms with van der Waals surface area (Å²) in [4.78, 5) is 0. The van der Waals surface area contributed by atoms with Crippen molar-refractivity contribution in [1.82, 2.24) is 19.6 Å². The summed E-state index contributed by atoms with van der Waals surface area (Å²) in [5, 5.41) is 16.3.